The van der Waals surface area contributed by atoms with Crippen molar-refractivity contribution in [3.63, 3.8) is 0 Å². The minimum atomic E-state index is -0.808. The molecular weight excluding hydrogens is 388 g/mol. The van der Waals surface area contributed by atoms with Gasteiger partial charge in [-0.1, -0.05) is 0 Å². The van der Waals surface area contributed by atoms with Crippen LogP contribution in [0.5, 0.6) is 11.5 Å². The van der Waals surface area contributed by atoms with Gasteiger partial charge in [-0.15, -0.1) is 0 Å². The van der Waals surface area contributed by atoms with Crippen LogP contribution in [0.15, 0.2) is 51.7 Å². The SMILES string of the molecule is COC(=O)Cc1cc(=O)oc2cc(Oc3ccc([N+](=O)[O-])cc3[N+](=O)[O-])ccc12. The summed E-state index contributed by atoms with van der Waals surface area (Å²) in [6, 6.07) is 8.41. The molecule has 3 aromatic rings. The fourth-order valence-corrected chi connectivity index (χ4v) is 2.62. The third-order valence-corrected chi connectivity index (χ3v) is 3.94. The van der Waals surface area contributed by atoms with Crippen molar-refractivity contribution in [1.29, 1.82) is 0 Å². The lowest BCUT2D eigenvalue weighted by molar-refractivity contribution is -0.394. The van der Waals surface area contributed by atoms with Gasteiger partial charge in [-0.05, 0) is 23.8 Å². The van der Waals surface area contributed by atoms with Gasteiger partial charge in [0.05, 0.1) is 29.4 Å². The molecule has 2 aromatic carbocycles. The summed E-state index contributed by atoms with van der Waals surface area (Å²) in [5.41, 5.74) is -1.27. The number of ether oxygens (including phenoxy) is 2. The Bertz CT molecular complexity index is 1200. The van der Waals surface area contributed by atoms with Crippen LogP contribution in [0.1, 0.15) is 5.56 Å². The summed E-state index contributed by atoms with van der Waals surface area (Å²) in [6.45, 7) is 0. The van der Waals surface area contributed by atoms with Crippen LogP contribution < -0.4 is 10.4 Å². The molecule has 0 atom stereocenters. The number of rotatable bonds is 6. The number of hydrogen-bond acceptors (Lipinski definition) is 9. The second-order valence-electron chi connectivity index (χ2n) is 5.77. The number of nitro groups is 2. The van der Waals surface area contributed by atoms with Crippen LogP contribution in [0.3, 0.4) is 0 Å². The summed E-state index contributed by atoms with van der Waals surface area (Å²) < 4.78 is 15.2. The van der Waals surface area contributed by atoms with Crippen LogP contribution in [-0.4, -0.2) is 22.9 Å². The molecule has 1 heterocycles. The van der Waals surface area contributed by atoms with Gasteiger partial charge in [-0.2, -0.15) is 0 Å². The highest BCUT2D eigenvalue weighted by atomic mass is 16.6. The number of hydrogen-bond donors (Lipinski definition) is 0. The predicted molar refractivity (Wildman–Crippen MR) is 98.0 cm³/mol. The maximum absolute atomic E-state index is 11.8. The molecule has 3 rings (SSSR count). The summed E-state index contributed by atoms with van der Waals surface area (Å²) in [7, 11) is 1.22. The molecule has 148 valence electrons. The Hall–Kier alpha value is -4.28. The van der Waals surface area contributed by atoms with Crippen LogP contribution in [0, 0.1) is 20.2 Å². The Morgan fingerprint density at radius 2 is 1.83 bits per heavy atom. The highest BCUT2D eigenvalue weighted by Gasteiger charge is 2.21. The minimum Gasteiger partial charge on any atom is -0.469 e. The number of methoxy groups -OCH3 is 1. The molecular formula is C18H12N2O9. The maximum atomic E-state index is 11.8. The number of benzene rings is 2. The molecule has 29 heavy (non-hydrogen) atoms. The number of nitro benzene ring substituents is 2. The van der Waals surface area contributed by atoms with Crippen LogP contribution >= 0.6 is 0 Å². The molecule has 0 unspecified atom stereocenters. The normalized spacial score (nSPS) is 10.5. The second kappa shape index (κ2) is 7.76. The topological polar surface area (TPSA) is 152 Å². The van der Waals surface area contributed by atoms with Crippen molar-refractivity contribution in [2.75, 3.05) is 7.11 Å². The molecule has 0 bridgehead atoms. The first-order valence-electron chi connectivity index (χ1n) is 8.03. The molecule has 0 spiro atoms. The first-order valence-corrected chi connectivity index (χ1v) is 8.03. The van der Waals surface area contributed by atoms with Gasteiger partial charge in [0.15, 0.2) is 0 Å². The molecule has 0 aliphatic heterocycles. The van der Waals surface area contributed by atoms with Gasteiger partial charge in [0.1, 0.15) is 11.3 Å². The van der Waals surface area contributed by atoms with Gasteiger partial charge in [0.2, 0.25) is 5.75 Å². The molecule has 11 heteroatoms. The third-order valence-electron chi connectivity index (χ3n) is 3.94. The third kappa shape index (κ3) is 4.18. The van der Waals surface area contributed by atoms with E-state index in [-0.39, 0.29) is 23.5 Å². The molecule has 0 N–H and O–H groups in total. The van der Waals surface area contributed by atoms with Gasteiger partial charge in [-0.3, -0.25) is 25.0 Å². The molecule has 0 saturated heterocycles. The van der Waals surface area contributed by atoms with E-state index >= 15 is 0 Å². The molecule has 0 aliphatic carbocycles. The van der Waals surface area contributed by atoms with E-state index in [1.807, 2.05) is 0 Å². The van der Waals surface area contributed by atoms with Crippen LogP contribution in [0.2, 0.25) is 0 Å². The van der Waals surface area contributed by atoms with E-state index in [4.69, 9.17) is 9.15 Å². The lowest BCUT2D eigenvalue weighted by Gasteiger charge is -2.08. The van der Waals surface area contributed by atoms with Crippen LogP contribution in [-0.2, 0) is 16.0 Å². The van der Waals surface area contributed by atoms with Crippen LogP contribution in [0.25, 0.3) is 11.0 Å². The number of carbonyl (C=O) groups excluding carboxylic acids is 1. The van der Waals surface area contributed by atoms with Gasteiger partial charge in [0.25, 0.3) is 5.69 Å². The van der Waals surface area contributed by atoms with Crippen molar-refractivity contribution in [2.24, 2.45) is 0 Å². The molecule has 11 nitrogen and oxygen atoms in total. The van der Waals surface area contributed by atoms with Crippen LogP contribution in [0.4, 0.5) is 11.4 Å². The summed E-state index contributed by atoms with van der Waals surface area (Å²) in [6.07, 6.45) is -0.146. The second-order valence-corrected chi connectivity index (χ2v) is 5.77. The number of carbonyl (C=O) groups is 1. The Morgan fingerprint density at radius 1 is 1.07 bits per heavy atom. The molecule has 0 amide bonds. The van der Waals surface area contributed by atoms with Gasteiger partial charge in [0, 0.05) is 23.6 Å². The smallest absolute Gasteiger partial charge is 0.336 e. The number of non-ortho nitro benzene ring substituents is 1. The molecule has 0 saturated carbocycles. The highest BCUT2D eigenvalue weighted by molar-refractivity contribution is 5.86. The zero-order valence-corrected chi connectivity index (χ0v) is 14.8. The van der Waals surface area contributed by atoms with E-state index in [1.54, 1.807) is 0 Å². The monoisotopic (exact) mass is 400 g/mol. The average Bonchev–Trinajstić information content (AvgIpc) is 2.67. The minimum absolute atomic E-state index is 0.0906. The van der Waals surface area contributed by atoms with E-state index in [0.29, 0.717) is 10.9 Å². The number of nitrogens with zero attached hydrogens (tertiary/aromatic N) is 2. The lowest BCUT2D eigenvalue weighted by Crippen LogP contribution is -2.08. The van der Waals surface area contributed by atoms with E-state index in [9.17, 15) is 29.8 Å². The number of fused-ring (bicyclic) bond motifs is 1. The van der Waals surface area contributed by atoms with E-state index in [1.165, 1.54) is 31.4 Å². The zero-order valence-electron chi connectivity index (χ0n) is 14.8. The Labute approximate surface area is 161 Å². The first-order chi connectivity index (χ1) is 13.8. The van der Waals surface area contributed by atoms with Crippen molar-refractivity contribution in [3.8, 4) is 11.5 Å². The fraction of sp³-hybridized carbons (Fsp3) is 0.111. The maximum Gasteiger partial charge on any atom is 0.336 e. The number of esters is 1. The Kier molecular flexibility index (Phi) is 5.21. The lowest BCUT2D eigenvalue weighted by atomic mass is 10.1. The standard InChI is InChI=1S/C18H12N2O9/c1-27-17(21)6-10-7-18(22)29-16-9-12(3-4-13(10)16)28-15-5-2-11(19(23)24)8-14(15)20(25)26/h2-5,7-9H,6H2,1H3. The quantitative estimate of drug-likeness (QED) is 0.263. The van der Waals surface area contributed by atoms with Gasteiger partial charge in [-0.25, -0.2) is 4.79 Å². The predicted octanol–water partition coefficient (Wildman–Crippen LogP) is 3.12. The van der Waals surface area contributed by atoms with Gasteiger partial charge < -0.3 is 13.9 Å². The van der Waals surface area contributed by atoms with E-state index in [2.05, 4.69) is 4.74 Å². The summed E-state index contributed by atoms with van der Waals surface area (Å²) >= 11 is 0. The van der Waals surface area contributed by atoms with Crippen molar-refractivity contribution in [1.82, 2.24) is 0 Å². The largest absolute Gasteiger partial charge is 0.469 e. The Morgan fingerprint density at radius 3 is 2.48 bits per heavy atom. The zero-order chi connectivity index (χ0) is 21.1. The Balaban J connectivity index is 2.02. The molecule has 0 aliphatic rings. The van der Waals surface area contributed by atoms with Crippen molar-refractivity contribution >= 4 is 28.3 Å². The summed E-state index contributed by atoms with van der Waals surface area (Å²) in [5.74, 6) is -0.681. The van der Waals surface area contributed by atoms with Crippen molar-refractivity contribution in [3.05, 3.63) is 78.7 Å². The fourth-order valence-electron chi connectivity index (χ4n) is 2.62. The summed E-state index contributed by atoms with van der Waals surface area (Å²) in [4.78, 5) is 43.8. The molecule has 0 radical (unpaired) electrons. The highest BCUT2D eigenvalue weighted by Crippen LogP contribution is 2.35. The van der Waals surface area contributed by atoms with E-state index in [0.717, 1.165) is 18.2 Å². The average molecular weight is 400 g/mol. The van der Waals surface area contributed by atoms with E-state index < -0.39 is 32.8 Å². The van der Waals surface area contributed by atoms with Crippen molar-refractivity contribution < 1.29 is 28.5 Å². The molecule has 1 aromatic heterocycles. The first kappa shape index (κ1) is 19.5. The molecule has 0 fully saturated rings. The van der Waals surface area contributed by atoms with Gasteiger partial charge >= 0.3 is 17.3 Å². The summed E-state index contributed by atoms with van der Waals surface area (Å²) in [5, 5.41) is 22.5. The van der Waals surface area contributed by atoms with Crippen molar-refractivity contribution in [2.45, 2.75) is 6.42 Å².